The number of ketones is 1. The van der Waals surface area contributed by atoms with Crippen molar-refractivity contribution in [2.45, 2.75) is 32.2 Å². The largest absolute Gasteiger partial charge is 0.379 e. The van der Waals surface area contributed by atoms with E-state index in [1.54, 1.807) is 18.0 Å². The molecule has 3 rings (SSSR count). The van der Waals surface area contributed by atoms with Gasteiger partial charge in [-0.25, -0.2) is 4.98 Å². The molecule has 0 fully saturated rings. The van der Waals surface area contributed by atoms with Gasteiger partial charge in [0.1, 0.15) is 5.69 Å². The summed E-state index contributed by atoms with van der Waals surface area (Å²) in [5, 5.41) is 0.625. The van der Waals surface area contributed by atoms with Crippen LogP contribution in [-0.4, -0.2) is 26.7 Å². The summed E-state index contributed by atoms with van der Waals surface area (Å²) in [6, 6.07) is 8.02. The molecule has 2 N–H and O–H groups in total. The molecule has 0 spiro atoms. The molecule has 25 heavy (non-hydrogen) atoms. The van der Waals surface area contributed by atoms with Crippen LogP contribution in [0.1, 0.15) is 40.7 Å². The van der Waals surface area contributed by atoms with E-state index in [4.69, 9.17) is 5.73 Å². The first kappa shape index (κ1) is 19.4. The zero-order valence-corrected chi connectivity index (χ0v) is 15.9. The van der Waals surface area contributed by atoms with Gasteiger partial charge < -0.3 is 5.73 Å². The molecular formula is C18H21ClN4OS. The van der Waals surface area contributed by atoms with E-state index in [2.05, 4.69) is 21.9 Å². The maximum absolute atomic E-state index is 12.4. The molecule has 1 aliphatic heterocycles. The Kier molecular flexibility index (Phi) is 6.19. The van der Waals surface area contributed by atoms with Crippen molar-refractivity contribution in [1.29, 1.82) is 0 Å². The molecule has 1 aliphatic rings. The summed E-state index contributed by atoms with van der Waals surface area (Å²) < 4.78 is 0. The van der Waals surface area contributed by atoms with Crippen LogP contribution in [-0.2, 0) is 12.0 Å². The van der Waals surface area contributed by atoms with E-state index in [9.17, 15) is 4.79 Å². The number of Topliss-reactive ketones (excluding diaryl/α,β-unsaturated/α-hetero) is 1. The molecule has 1 atom stereocenters. The average Bonchev–Trinajstić information content (AvgIpc) is 2.55. The van der Waals surface area contributed by atoms with E-state index in [1.807, 2.05) is 31.2 Å². The first-order chi connectivity index (χ1) is 11.5. The molecular weight excluding hydrogens is 356 g/mol. The number of hydrogen-bond acceptors (Lipinski definition) is 6. The lowest BCUT2D eigenvalue weighted by Gasteiger charge is -2.30. The summed E-state index contributed by atoms with van der Waals surface area (Å²) in [6.45, 7) is 3.94. The molecule has 5 nitrogen and oxygen atoms in total. The highest BCUT2D eigenvalue weighted by Crippen LogP contribution is 2.35. The number of nitrogens with two attached hydrogens (primary N) is 1. The van der Waals surface area contributed by atoms with Crippen molar-refractivity contribution in [3.8, 4) is 0 Å². The lowest BCUT2D eigenvalue weighted by atomic mass is 9.88. The van der Waals surface area contributed by atoms with Crippen LogP contribution in [0.5, 0.6) is 0 Å². The third-order valence-corrected chi connectivity index (χ3v) is 4.97. The molecule has 0 bridgehead atoms. The Morgan fingerprint density at radius 1 is 1.32 bits per heavy atom. The Labute approximate surface area is 158 Å². The Morgan fingerprint density at radius 3 is 2.80 bits per heavy atom. The van der Waals surface area contributed by atoms with Crippen molar-refractivity contribution >= 4 is 35.1 Å². The van der Waals surface area contributed by atoms with Crippen molar-refractivity contribution in [2.75, 3.05) is 5.75 Å². The van der Waals surface area contributed by atoms with E-state index in [0.717, 1.165) is 29.0 Å². The minimum atomic E-state index is -0.321. The van der Waals surface area contributed by atoms with Crippen LogP contribution in [0, 0.1) is 6.92 Å². The molecule has 2 heterocycles. The molecule has 1 aromatic carbocycles. The van der Waals surface area contributed by atoms with Crippen LogP contribution in [0.2, 0.25) is 0 Å². The number of thioether (sulfide) groups is 1. The van der Waals surface area contributed by atoms with Crippen LogP contribution in [0.4, 0.5) is 0 Å². The summed E-state index contributed by atoms with van der Waals surface area (Å²) in [5.41, 5.74) is 8.81. The number of aryl methyl sites for hydroxylation is 1. The quantitative estimate of drug-likeness (QED) is 0.828. The van der Waals surface area contributed by atoms with Gasteiger partial charge >= 0.3 is 0 Å². The van der Waals surface area contributed by atoms with Gasteiger partial charge in [0.2, 0.25) is 0 Å². The predicted molar refractivity (Wildman–Crippen MR) is 105 cm³/mol. The maximum Gasteiger partial charge on any atom is 0.187 e. The summed E-state index contributed by atoms with van der Waals surface area (Å²) >= 11 is 1.59. The highest BCUT2D eigenvalue weighted by Gasteiger charge is 2.29. The lowest BCUT2D eigenvalue weighted by Crippen LogP contribution is -2.28. The van der Waals surface area contributed by atoms with Gasteiger partial charge in [0.25, 0.3) is 0 Å². The normalized spacial score (nSPS) is 19.7. The van der Waals surface area contributed by atoms with Crippen LogP contribution in [0.25, 0.3) is 0 Å². The van der Waals surface area contributed by atoms with Gasteiger partial charge in [-0.1, -0.05) is 36.0 Å². The Balaban J connectivity index is 0.00000225. The molecule has 132 valence electrons. The second-order valence-electron chi connectivity index (χ2n) is 6.17. The molecule has 0 saturated carbocycles. The molecule has 0 saturated heterocycles. The van der Waals surface area contributed by atoms with Crippen molar-refractivity contribution in [2.24, 2.45) is 10.7 Å². The van der Waals surface area contributed by atoms with Crippen molar-refractivity contribution in [3.63, 3.8) is 0 Å². The minimum absolute atomic E-state index is 0. The van der Waals surface area contributed by atoms with Gasteiger partial charge in [0.15, 0.2) is 11.0 Å². The number of aliphatic imine (C=N–C) groups is 1. The van der Waals surface area contributed by atoms with E-state index >= 15 is 0 Å². The fraction of sp³-hybridized carbons (Fsp3) is 0.333. The van der Waals surface area contributed by atoms with Gasteiger partial charge in [-0.15, -0.1) is 12.4 Å². The Morgan fingerprint density at radius 2 is 2.12 bits per heavy atom. The zero-order chi connectivity index (χ0) is 17.2. The van der Waals surface area contributed by atoms with Gasteiger partial charge in [0, 0.05) is 18.4 Å². The second kappa shape index (κ2) is 7.97. The average molecular weight is 377 g/mol. The first-order valence-corrected chi connectivity index (χ1v) is 8.84. The first-order valence-electron chi connectivity index (χ1n) is 7.86. The summed E-state index contributed by atoms with van der Waals surface area (Å²) in [5.74, 6) is 0.917. The molecule has 0 aliphatic carbocycles. The summed E-state index contributed by atoms with van der Waals surface area (Å²) in [4.78, 5) is 25.3. The number of carbonyl (C=O) groups excluding carboxylic acids is 1. The van der Waals surface area contributed by atoms with Crippen LogP contribution in [0.3, 0.4) is 0 Å². The monoisotopic (exact) mass is 376 g/mol. The van der Waals surface area contributed by atoms with Crippen molar-refractivity contribution in [3.05, 3.63) is 59.2 Å². The Bertz CT molecular complexity index is 794. The molecule has 1 aromatic heterocycles. The third kappa shape index (κ3) is 4.58. The second-order valence-corrected chi connectivity index (χ2v) is 7.28. The number of amidine groups is 1. The van der Waals surface area contributed by atoms with E-state index < -0.39 is 0 Å². The molecule has 7 heteroatoms. The minimum Gasteiger partial charge on any atom is -0.379 e. The molecule has 0 radical (unpaired) electrons. The standard InChI is InChI=1S/C18H20N4OS.ClH/c1-12-10-21-15(11-20-12)16(23)9-13-4-3-5-14(8-13)18(2)6-7-24-17(19)22-18;/h3-5,8,10-11H,6-7,9H2,1-2H3,(H2,19,22);1H. The van der Waals surface area contributed by atoms with Gasteiger partial charge in [-0.05, 0) is 31.4 Å². The highest BCUT2D eigenvalue weighted by atomic mass is 35.5. The number of rotatable bonds is 4. The number of benzene rings is 1. The van der Waals surface area contributed by atoms with E-state index in [0.29, 0.717) is 17.3 Å². The number of nitrogens with zero attached hydrogens (tertiary/aromatic N) is 3. The number of hydrogen-bond donors (Lipinski definition) is 1. The van der Waals surface area contributed by atoms with Gasteiger partial charge in [-0.3, -0.25) is 14.8 Å². The van der Waals surface area contributed by atoms with Gasteiger partial charge in [0.05, 0.1) is 17.4 Å². The van der Waals surface area contributed by atoms with Crippen molar-refractivity contribution in [1.82, 2.24) is 9.97 Å². The fourth-order valence-electron chi connectivity index (χ4n) is 2.72. The fourth-order valence-corrected chi connectivity index (χ4v) is 3.70. The van der Waals surface area contributed by atoms with E-state index in [1.165, 1.54) is 6.20 Å². The molecule has 0 amide bonds. The SMILES string of the molecule is Cc1cnc(C(=O)Cc2cccc(C3(C)CCSC(N)=N3)c2)cn1.Cl. The van der Waals surface area contributed by atoms with Crippen LogP contribution < -0.4 is 5.73 Å². The number of aromatic nitrogens is 2. The summed E-state index contributed by atoms with van der Waals surface area (Å²) in [6.07, 6.45) is 4.38. The maximum atomic E-state index is 12.4. The lowest BCUT2D eigenvalue weighted by molar-refractivity contribution is 0.0987. The third-order valence-electron chi connectivity index (χ3n) is 4.18. The number of halogens is 1. The summed E-state index contributed by atoms with van der Waals surface area (Å²) in [7, 11) is 0. The topological polar surface area (TPSA) is 81.2 Å². The predicted octanol–water partition coefficient (Wildman–Crippen LogP) is 3.30. The van der Waals surface area contributed by atoms with E-state index in [-0.39, 0.29) is 23.7 Å². The van der Waals surface area contributed by atoms with Crippen molar-refractivity contribution < 1.29 is 4.79 Å². The van der Waals surface area contributed by atoms with Crippen LogP contribution in [0.15, 0.2) is 41.7 Å². The zero-order valence-electron chi connectivity index (χ0n) is 14.2. The Hall–Kier alpha value is -1.92. The smallest absolute Gasteiger partial charge is 0.187 e. The molecule has 2 aromatic rings. The highest BCUT2D eigenvalue weighted by molar-refractivity contribution is 8.13. The number of carbonyl (C=O) groups is 1. The van der Waals surface area contributed by atoms with Crippen LogP contribution >= 0.6 is 24.2 Å². The molecule has 1 unspecified atom stereocenters. The van der Waals surface area contributed by atoms with Gasteiger partial charge in [-0.2, -0.15) is 0 Å².